The van der Waals surface area contributed by atoms with E-state index in [4.69, 9.17) is 23.2 Å². The van der Waals surface area contributed by atoms with Crippen molar-refractivity contribution < 1.29 is 14.7 Å². The molecule has 3 saturated heterocycles. The standard InChI is InChI=1S/C26H36Cl2N4O3/c27-20-4-3-19(17-21(20)28)30-13-6-24(34)32(16-15-30)22(25(35)31-10-1-2-11-31)5-12-29-14-9-26(7-8-26)23(33)18-29/h3-4,17,22-23,33H,1-2,5-16,18H2/t22-,23?/m0/s1. The summed E-state index contributed by atoms with van der Waals surface area (Å²) in [7, 11) is 0. The van der Waals surface area contributed by atoms with Crippen LogP contribution in [0.3, 0.4) is 0 Å². The lowest BCUT2D eigenvalue weighted by atomic mass is 9.90. The Labute approximate surface area is 217 Å². The van der Waals surface area contributed by atoms with E-state index in [2.05, 4.69) is 9.80 Å². The molecule has 4 fully saturated rings. The summed E-state index contributed by atoms with van der Waals surface area (Å²) in [5, 5.41) is 11.6. The Kier molecular flexibility index (Phi) is 7.50. The van der Waals surface area contributed by atoms with Gasteiger partial charge in [-0.1, -0.05) is 23.2 Å². The first-order chi connectivity index (χ1) is 16.9. The van der Waals surface area contributed by atoms with Crippen LogP contribution >= 0.6 is 23.2 Å². The number of anilines is 1. The molecular weight excluding hydrogens is 487 g/mol. The molecule has 4 aliphatic rings. The quantitative estimate of drug-likeness (QED) is 0.620. The Morgan fingerprint density at radius 2 is 1.80 bits per heavy atom. The molecule has 1 spiro atoms. The number of hydrogen-bond donors (Lipinski definition) is 1. The van der Waals surface area contributed by atoms with Crippen LogP contribution in [0.25, 0.3) is 0 Å². The number of likely N-dealkylation sites (tertiary alicyclic amines) is 2. The molecular formula is C26H36Cl2N4O3. The number of β-amino-alcohol motifs (C(OH)–C–C–N with tert-alkyl or cyclic N) is 1. The Bertz CT molecular complexity index is 951. The third kappa shape index (κ3) is 5.43. The molecule has 35 heavy (non-hydrogen) atoms. The number of amides is 2. The number of rotatable bonds is 6. The molecule has 7 nitrogen and oxygen atoms in total. The van der Waals surface area contributed by atoms with E-state index in [1.54, 1.807) is 6.07 Å². The van der Waals surface area contributed by atoms with Crippen molar-refractivity contribution in [3.05, 3.63) is 28.2 Å². The maximum Gasteiger partial charge on any atom is 0.245 e. The number of carbonyl (C=O) groups excluding carboxylic acids is 2. The molecule has 5 rings (SSSR count). The third-order valence-electron chi connectivity index (χ3n) is 8.55. The van der Waals surface area contributed by atoms with E-state index in [1.165, 1.54) is 0 Å². The molecule has 2 amide bonds. The first-order valence-electron chi connectivity index (χ1n) is 13.0. The van der Waals surface area contributed by atoms with Crippen LogP contribution in [0.2, 0.25) is 10.0 Å². The van der Waals surface area contributed by atoms with Crippen molar-refractivity contribution in [1.82, 2.24) is 14.7 Å². The van der Waals surface area contributed by atoms with Crippen LogP contribution in [-0.4, -0.2) is 96.1 Å². The molecule has 1 N–H and O–H groups in total. The van der Waals surface area contributed by atoms with E-state index in [1.807, 2.05) is 21.9 Å². The summed E-state index contributed by atoms with van der Waals surface area (Å²) in [5.41, 5.74) is 1.10. The zero-order chi connectivity index (χ0) is 24.6. The number of hydrogen-bond acceptors (Lipinski definition) is 5. The topological polar surface area (TPSA) is 67.3 Å². The Hall–Kier alpha value is -1.54. The smallest absolute Gasteiger partial charge is 0.245 e. The minimum Gasteiger partial charge on any atom is -0.391 e. The van der Waals surface area contributed by atoms with Gasteiger partial charge in [0.1, 0.15) is 6.04 Å². The van der Waals surface area contributed by atoms with E-state index in [0.29, 0.717) is 49.1 Å². The maximum atomic E-state index is 13.6. The van der Waals surface area contributed by atoms with Gasteiger partial charge in [0.25, 0.3) is 0 Å². The number of benzene rings is 1. The molecule has 1 saturated carbocycles. The summed E-state index contributed by atoms with van der Waals surface area (Å²) in [5.74, 6) is 0.107. The van der Waals surface area contributed by atoms with Gasteiger partial charge in [-0.15, -0.1) is 0 Å². The molecule has 3 heterocycles. The monoisotopic (exact) mass is 522 g/mol. The summed E-state index contributed by atoms with van der Waals surface area (Å²) >= 11 is 12.3. The van der Waals surface area contributed by atoms with Crippen LogP contribution in [0, 0.1) is 5.41 Å². The fourth-order valence-electron chi connectivity index (χ4n) is 6.00. The highest BCUT2D eigenvalue weighted by molar-refractivity contribution is 6.42. The fraction of sp³-hybridized carbons (Fsp3) is 0.692. The van der Waals surface area contributed by atoms with E-state index >= 15 is 0 Å². The molecule has 192 valence electrons. The van der Waals surface area contributed by atoms with Crippen molar-refractivity contribution >= 4 is 40.7 Å². The first kappa shape index (κ1) is 25.1. The van der Waals surface area contributed by atoms with Gasteiger partial charge in [-0.25, -0.2) is 0 Å². The summed E-state index contributed by atoms with van der Waals surface area (Å²) in [4.78, 5) is 35.1. The van der Waals surface area contributed by atoms with Crippen molar-refractivity contribution in [1.29, 1.82) is 0 Å². The van der Waals surface area contributed by atoms with E-state index in [9.17, 15) is 14.7 Å². The predicted molar refractivity (Wildman–Crippen MR) is 138 cm³/mol. The molecule has 2 atom stereocenters. The number of nitrogens with zero attached hydrogens (tertiary/aromatic N) is 4. The Morgan fingerprint density at radius 1 is 1.03 bits per heavy atom. The molecule has 1 aliphatic carbocycles. The van der Waals surface area contributed by atoms with Crippen LogP contribution in [0.1, 0.15) is 44.9 Å². The largest absolute Gasteiger partial charge is 0.391 e. The van der Waals surface area contributed by atoms with Gasteiger partial charge in [0.05, 0.1) is 16.1 Å². The molecule has 3 aliphatic heterocycles. The fourth-order valence-corrected chi connectivity index (χ4v) is 6.29. The lowest BCUT2D eigenvalue weighted by Crippen LogP contribution is -2.53. The number of halogens is 2. The number of carbonyl (C=O) groups is 2. The number of piperidine rings is 1. The highest BCUT2D eigenvalue weighted by atomic mass is 35.5. The van der Waals surface area contributed by atoms with Crippen molar-refractivity contribution in [2.75, 3.05) is 57.3 Å². The lowest BCUT2D eigenvalue weighted by Gasteiger charge is -2.38. The Balaban J connectivity index is 1.28. The summed E-state index contributed by atoms with van der Waals surface area (Å²) in [6.07, 6.45) is 6.03. The second kappa shape index (κ2) is 10.4. The van der Waals surface area contributed by atoms with Crippen LogP contribution in [0.5, 0.6) is 0 Å². The lowest BCUT2D eigenvalue weighted by molar-refractivity contribution is -0.145. The predicted octanol–water partition coefficient (Wildman–Crippen LogP) is 3.26. The van der Waals surface area contributed by atoms with Crippen LogP contribution in [0.4, 0.5) is 5.69 Å². The minimum absolute atomic E-state index is 0.0284. The zero-order valence-corrected chi connectivity index (χ0v) is 21.8. The van der Waals surface area contributed by atoms with Gasteiger partial charge in [-0.2, -0.15) is 0 Å². The van der Waals surface area contributed by atoms with Crippen LogP contribution < -0.4 is 4.90 Å². The van der Waals surface area contributed by atoms with Gasteiger partial charge in [0.2, 0.25) is 11.8 Å². The molecule has 1 aromatic rings. The second-order valence-corrected chi connectivity index (χ2v) is 11.5. The van der Waals surface area contributed by atoms with Crippen molar-refractivity contribution in [3.63, 3.8) is 0 Å². The SMILES string of the molecule is O=C([C@H](CCN1CCC2(CC2)C(O)C1)N1CCN(c2ccc(Cl)c(Cl)c2)CCC1=O)N1CCCC1. The molecule has 1 aromatic carbocycles. The number of aliphatic hydroxyl groups excluding tert-OH is 1. The molecule has 9 heteroatoms. The van der Waals surface area contributed by atoms with Crippen molar-refractivity contribution in [3.8, 4) is 0 Å². The van der Waals surface area contributed by atoms with Gasteiger partial charge >= 0.3 is 0 Å². The Morgan fingerprint density at radius 3 is 2.49 bits per heavy atom. The van der Waals surface area contributed by atoms with Gasteiger partial charge in [0.15, 0.2) is 0 Å². The highest BCUT2D eigenvalue weighted by Gasteiger charge is 2.51. The van der Waals surface area contributed by atoms with E-state index in [-0.39, 0.29) is 23.3 Å². The average molecular weight is 524 g/mol. The van der Waals surface area contributed by atoms with Gasteiger partial charge < -0.3 is 24.7 Å². The van der Waals surface area contributed by atoms with Crippen molar-refractivity contribution in [2.24, 2.45) is 5.41 Å². The summed E-state index contributed by atoms with van der Waals surface area (Å²) < 4.78 is 0. The van der Waals surface area contributed by atoms with Crippen molar-refractivity contribution in [2.45, 2.75) is 57.1 Å². The van der Waals surface area contributed by atoms with Crippen LogP contribution in [0.15, 0.2) is 18.2 Å². The maximum absolute atomic E-state index is 13.6. The average Bonchev–Trinajstić information content (AvgIpc) is 3.47. The van der Waals surface area contributed by atoms with Gasteiger partial charge in [0, 0.05) is 57.9 Å². The van der Waals surface area contributed by atoms with E-state index in [0.717, 1.165) is 64.0 Å². The first-order valence-corrected chi connectivity index (χ1v) is 13.8. The highest BCUT2D eigenvalue weighted by Crippen LogP contribution is 2.53. The normalized spacial score (nSPS) is 25.7. The summed E-state index contributed by atoms with van der Waals surface area (Å²) in [6, 6.07) is 5.09. The van der Waals surface area contributed by atoms with Gasteiger partial charge in [-0.05, 0) is 68.7 Å². The second-order valence-electron chi connectivity index (χ2n) is 10.7. The van der Waals surface area contributed by atoms with E-state index < -0.39 is 6.04 Å². The summed E-state index contributed by atoms with van der Waals surface area (Å²) in [6.45, 7) is 5.61. The molecule has 1 unspecified atom stereocenters. The molecule has 0 aromatic heterocycles. The molecule has 0 radical (unpaired) electrons. The molecule has 0 bridgehead atoms. The zero-order valence-electron chi connectivity index (χ0n) is 20.3. The number of aliphatic hydroxyl groups is 1. The minimum atomic E-state index is -0.455. The van der Waals surface area contributed by atoms with Crippen LogP contribution in [-0.2, 0) is 9.59 Å². The van der Waals surface area contributed by atoms with Gasteiger partial charge in [-0.3, -0.25) is 9.59 Å². The third-order valence-corrected chi connectivity index (χ3v) is 9.29.